The first kappa shape index (κ1) is 10.3. The molecule has 0 aliphatic rings. The van der Waals surface area contributed by atoms with Gasteiger partial charge in [-0.25, -0.2) is 0 Å². The third-order valence-corrected chi connectivity index (χ3v) is 3.09. The minimum absolute atomic E-state index is 0.819. The molecule has 2 aromatic rings. The molecule has 0 N–H and O–H groups in total. The van der Waals surface area contributed by atoms with Crippen molar-refractivity contribution in [3.8, 4) is 5.69 Å². The van der Waals surface area contributed by atoms with Gasteiger partial charge in [-0.3, -0.25) is 0 Å². The number of nitrogens with zero attached hydrogens (tertiary/aromatic N) is 1. The fourth-order valence-corrected chi connectivity index (χ4v) is 1.97. The summed E-state index contributed by atoms with van der Waals surface area (Å²) in [6.07, 6.45) is 0. The van der Waals surface area contributed by atoms with E-state index in [1.807, 2.05) is 13.0 Å². The number of hydrogen-bond acceptors (Lipinski definition) is 0. The minimum Gasteiger partial charge on any atom is -0.318 e. The number of aromatic nitrogens is 1. The first-order valence-electron chi connectivity index (χ1n) is 5.01. The molecule has 0 spiro atoms. The van der Waals surface area contributed by atoms with E-state index in [9.17, 15) is 0 Å². The first-order valence-corrected chi connectivity index (χ1v) is 5.39. The summed E-state index contributed by atoms with van der Waals surface area (Å²) in [5, 5.41) is 0.819. The number of halogens is 1. The Morgan fingerprint density at radius 2 is 1.53 bits per heavy atom. The van der Waals surface area contributed by atoms with Gasteiger partial charge in [-0.2, -0.15) is 0 Å². The van der Waals surface area contributed by atoms with Crippen LogP contribution in [0.15, 0.2) is 30.3 Å². The smallest absolute Gasteiger partial charge is 0.0469 e. The second kappa shape index (κ2) is 3.74. The maximum absolute atomic E-state index is 6.12. The Bertz CT molecular complexity index is 478. The van der Waals surface area contributed by atoms with Crippen molar-refractivity contribution in [2.24, 2.45) is 0 Å². The highest BCUT2D eigenvalue weighted by atomic mass is 35.5. The topological polar surface area (TPSA) is 4.93 Å². The van der Waals surface area contributed by atoms with Crippen molar-refractivity contribution in [3.63, 3.8) is 0 Å². The van der Waals surface area contributed by atoms with Gasteiger partial charge in [0, 0.05) is 22.1 Å². The average Bonchev–Trinajstić information content (AvgIpc) is 2.52. The van der Waals surface area contributed by atoms with E-state index in [0.29, 0.717) is 0 Å². The molecule has 15 heavy (non-hydrogen) atoms. The van der Waals surface area contributed by atoms with Crippen LogP contribution in [-0.4, -0.2) is 4.57 Å². The summed E-state index contributed by atoms with van der Waals surface area (Å²) < 4.78 is 2.20. The van der Waals surface area contributed by atoms with Crippen molar-refractivity contribution < 1.29 is 0 Å². The van der Waals surface area contributed by atoms with Gasteiger partial charge in [-0.1, -0.05) is 17.7 Å². The minimum atomic E-state index is 0.819. The molecule has 1 nitrogen and oxygen atoms in total. The molecule has 0 fully saturated rings. The van der Waals surface area contributed by atoms with Gasteiger partial charge in [0.2, 0.25) is 0 Å². The van der Waals surface area contributed by atoms with Crippen molar-refractivity contribution in [1.82, 2.24) is 4.57 Å². The van der Waals surface area contributed by atoms with Gasteiger partial charge in [0.05, 0.1) is 0 Å². The predicted molar refractivity (Wildman–Crippen MR) is 65.0 cm³/mol. The Hall–Kier alpha value is -1.21. The predicted octanol–water partition coefficient (Wildman–Crippen LogP) is 4.06. The van der Waals surface area contributed by atoms with E-state index >= 15 is 0 Å². The molecule has 0 bridgehead atoms. The standard InChI is InChI=1S/C13H14ClN/c1-9-4-7-12(8-13(9)14)15-10(2)5-6-11(15)3/h4-8H,1-3H3. The normalized spacial score (nSPS) is 10.7. The van der Waals surface area contributed by atoms with E-state index < -0.39 is 0 Å². The molecule has 0 amide bonds. The zero-order valence-corrected chi connectivity index (χ0v) is 9.97. The Labute approximate surface area is 95.3 Å². The van der Waals surface area contributed by atoms with Crippen LogP contribution in [0, 0.1) is 20.8 Å². The summed E-state index contributed by atoms with van der Waals surface area (Å²) in [7, 11) is 0. The monoisotopic (exact) mass is 219 g/mol. The Kier molecular flexibility index (Phi) is 2.57. The van der Waals surface area contributed by atoms with Crippen LogP contribution in [0.1, 0.15) is 17.0 Å². The molecule has 0 atom stereocenters. The van der Waals surface area contributed by atoms with Crippen LogP contribution in [0.2, 0.25) is 5.02 Å². The van der Waals surface area contributed by atoms with E-state index in [2.05, 4.69) is 42.7 Å². The summed E-state index contributed by atoms with van der Waals surface area (Å²) >= 11 is 6.12. The van der Waals surface area contributed by atoms with Crippen LogP contribution >= 0.6 is 11.6 Å². The maximum Gasteiger partial charge on any atom is 0.0469 e. The molecule has 0 unspecified atom stereocenters. The summed E-state index contributed by atoms with van der Waals surface area (Å²) in [6.45, 7) is 6.21. The van der Waals surface area contributed by atoms with E-state index in [-0.39, 0.29) is 0 Å². The Morgan fingerprint density at radius 3 is 2.07 bits per heavy atom. The lowest BCUT2D eigenvalue weighted by atomic mass is 10.2. The van der Waals surface area contributed by atoms with Gasteiger partial charge < -0.3 is 4.57 Å². The zero-order valence-electron chi connectivity index (χ0n) is 9.21. The lowest BCUT2D eigenvalue weighted by Gasteiger charge is -2.10. The highest BCUT2D eigenvalue weighted by Gasteiger charge is 2.04. The van der Waals surface area contributed by atoms with Crippen LogP contribution in [0.4, 0.5) is 0 Å². The van der Waals surface area contributed by atoms with Crippen molar-refractivity contribution >= 4 is 11.6 Å². The van der Waals surface area contributed by atoms with Crippen LogP contribution in [0.3, 0.4) is 0 Å². The van der Waals surface area contributed by atoms with E-state index in [0.717, 1.165) is 16.3 Å². The lowest BCUT2D eigenvalue weighted by molar-refractivity contribution is 0.965. The van der Waals surface area contributed by atoms with Gasteiger partial charge in [-0.15, -0.1) is 0 Å². The van der Waals surface area contributed by atoms with Gasteiger partial charge in [-0.05, 0) is 50.6 Å². The first-order chi connectivity index (χ1) is 7.09. The fourth-order valence-electron chi connectivity index (χ4n) is 1.80. The van der Waals surface area contributed by atoms with E-state index in [1.165, 1.54) is 11.4 Å². The molecule has 1 aromatic carbocycles. The number of aryl methyl sites for hydroxylation is 3. The quantitative estimate of drug-likeness (QED) is 0.682. The summed E-state index contributed by atoms with van der Waals surface area (Å²) in [6, 6.07) is 10.4. The molecular formula is C13H14ClN. The van der Waals surface area contributed by atoms with Crippen LogP contribution in [0.25, 0.3) is 5.69 Å². The summed E-state index contributed by atoms with van der Waals surface area (Å²) in [5.74, 6) is 0. The van der Waals surface area contributed by atoms with Crippen LogP contribution in [0.5, 0.6) is 0 Å². The average molecular weight is 220 g/mol. The second-order valence-corrected chi connectivity index (χ2v) is 4.29. The summed E-state index contributed by atoms with van der Waals surface area (Å²) in [4.78, 5) is 0. The molecular weight excluding hydrogens is 206 g/mol. The Balaban J connectivity index is 2.59. The lowest BCUT2D eigenvalue weighted by Crippen LogP contribution is -1.98. The number of rotatable bonds is 1. The number of hydrogen-bond donors (Lipinski definition) is 0. The molecule has 0 saturated carbocycles. The maximum atomic E-state index is 6.12. The second-order valence-electron chi connectivity index (χ2n) is 3.88. The van der Waals surface area contributed by atoms with Crippen LogP contribution in [-0.2, 0) is 0 Å². The third-order valence-electron chi connectivity index (χ3n) is 2.68. The van der Waals surface area contributed by atoms with E-state index in [4.69, 9.17) is 11.6 Å². The van der Waals surface area contributed by atoms with Crippen LogP contribution < -0.4 is 0 Å². The molecule has 0 saturated heterocycles. The van der Waals surface area contributed by atoms with Gasteiger partial charge >= 0.3 is 0 Å². The van der Waals surface area contributed by atoms with Gasteiger partial charge in [0.1, 0.15) is 0 Å². The van der Waals surface area contributed by atoms with Crippen molar-refractivity contribution in [3.05, 3.63) is 52.3 Å². The largest absolute Gasteiger partial charge is 0.318 e. The van der Waals surface area contributed by atoms with Crippen molar-refractivity contribution in [1.29, 1.82) is 0 Å². The third kappa shape index (κ3) is 1.80. The Morgan fingerprint density at radius 1 is 0.933 bits per heavy atom. The van der Waals surface area contributed by atoms with Crippen molar-refractivity contribution in [2.75, 3.05) is 0 Å². The van der Waals surface area contributed by atoms with Crippen molar-refractivity contribution in [2.45, 2.75) is 20.8 Å². The molecule has 0 aliphatic carbocycles. The fraction of sp³-hybridized carbons (Fsp3) is 0.231. The molecule has 0 radical (unpaired) electrons. The van der Waals surface area contributed by atoms with E-state index in [1.54, 1.807) is 0 Å². The molecule has 2 heteroatoms. The van der Waals surface area contributed by atoms with Gasteiger partial charge in [0.15, 0.2) is 0 Å². The SMILES string of the molecule is Cc1ccc(-n2c(C)ccc2C)cc1Cl. The van der Waals surface area contributed by atoms with Gasteiger partial charge in [0.25, 0.3) is 0 Å². The highest BCUT2D eigenvalue weighted by Crippen LogP contribution is 2.22. The zero-order chi connectivity index (χ0) is 11.0. The highest BCUT2D eigenvalue weighted by molar-refractivity contribution is 6.31. The molecule has 2 rings (SSSR count). The molecule has 0 aliphatic heterocycles. The molecule has 78 valence electrons. The molecule has 1 heterocycles. The number of benzene rings is 1. The summed E-state index contributed by atoms with van der Waals surface area (Å²) in [5.41, 5.74) is 4.70. The molecule has 1 aromatic heterocycles.